The molecule has 3 rings (SSSR count). The number of thiazole rings is 1. The molecule has 0 spiro atoms. The molecule has 0 aliphatic rings. The van der Waals surface area contributed by atoms with Gasteiger partial charge in [-0.05, 0) is 44.2 Å². The molecule has 0 aliphatic carbocycles. The summed E-state index contributed by atoms with van der Waals surface area (Å²) in [5.74, 6) is 1.04. The van der Waals surface area contributed by atoms with Gasteiger partial charge in [-0.25, -0.2) is 9.97 Å². The number of ether oxygens (including phenoxy) is 2. The number of anilines is 1. The number of hydrogen-bond donors (Lipinski definition) is 1. The zero-order chi connectivity index (χ0) is 21.7. The molecule has 1 atom stereocenters. The van der Waals surface area contributed by atoms with E-state index in [1.165, 1.54) is 23.1 Å². The Kier molecular flexibility index (Phi) is 6.92. The van der Waals surface area contributed by atoms with Crippen molar-refractivity contribution >= 4 is 34.1 Å². The molecular weight excluding hydrogens is 420 g/mol. The monoisotopic (exact) mass is 440 g/mol. The molecule has 0 saturated heterocycles. The highest BCUT2D eigenvalue weighted by Crippen LogP contribution is 2.34. The molecule has 3 aromatic rings. The molecule has 0 saturated carbocycles. The maximum Gasteiger partial charge on any atom is 0.239 e. The van der Waals surface area contributed by atoms with Crippen molar-refractivity contribution in [1.29, 1.82) is 5.26 Å². The fourth-order valence-corrected chi connectivity index (χ4v) is 4.26. The van der Waals surface area contributed by atoms with Gasteiger partial charge in [0.15, 0.2) is 16.6 Å². The summed E-state index contributed by atoms with van der Waals surface area (Å²) in [5, 5.41) is 14.5. The molecule has 1 unspecified atom stereocenters. The van der Waals surface area contributed by atoms with E-state index in [-0.39, 0.29) is 5.91 Å². The van der Waals surface area contributed by atoms with Crippen LogP contribution in [0.1, 0.15) is 18.2 Å². The molecule has 0 bridgehead atoms. The van der Waals surface area contributed by atoms with E-state index in [4.69, 9.17) is 9.47 Å². The molecule has 9 heteroatoms. The van der Waals surface area contributed by atoms with Gasteiger partial charge in [0.1, 0.15) is 11.1 Å². The summed E-state index contributed by atoms with van der Waals surface area (Å²) in [7, 11) is 3.16. The zero-order valence-electron chi connectivity index (χ0n) is 16.9. The SMILES string of the molecule is COc1ccc(-c2csc(NC(=O)C(C)Sc3nc(C)ccc3C#N)n2)cc1OC. The predicted octanol–water partition coefficient (Wildman–Crippen LogP) is 4.52. The van der Waals surface area contributed by atoms with Gasteiger partial charge in [0.05, 0.1) is 30.7 Å². The van der Waals surface area contributed by atoms with Crippen LogP contribution in [0, 0.1) is 18.3 Å². The summed E-state index contributed by atoms with van der Waals surface area (Å²) in [6.45, 7) is 3.62. The van der Waals surface area contributed by atoms with E-state index in [1.807, 2.05) is 30.5 Å². The van der Waals surface area contributed by atoms with Crippen LogP contribution >= 0.6 is 23.1 Å². The minimum Gasteiger partial charge on any atom is -0.493 e. The molecule has 2 heterocycles. The lowest BCUT2D eigenvalue weighted by atomic mass is 10.1. The molecule has 0 fully saturated rings. The molecule has 1 aromatic carbocycles. The van der Waals surface area contributed by atoms with Gasteiger partial charge in [-0.3, -0.25) is 4.79 Å². The Balaban J connectivity index is 1.71. The Morgan fingerprint density at radius 3 is 2.67 bits per heavy atom. The Bertz CT molecular complexity index is 1110. The number of methoxy groups -OCH3 is 2. The number of nitrogens with zero attached hydrogens (tertiary/aromatic N) is 3. The molecule has 1 N–H and O–H groups in total. The maximum absolute atomic E-state index is 12.6. The highest BCUT2D eigenvalue weighted by molar-refractivity contribution is 8.00. The number of pyridine rings is 1. The van der Waals surface area contributed by atoms with Gasteiger partial charge in [0.2, 0.25) is 5.91 Å². The van der Waals surface area contributed by atoms with Crippen molar-refractivity contribution < 1.29 is 14.3 Å². The fraction of sp³-hybridized carbons (Fsp3) is 0.238. The summed E-state index contributed by atoms with van der Waals surface area (Å²) in [6.07, 6.45) is 0. The van der Waals surface area contributed by atoms with E-state index < -0.39 is 5.25 Å². The number of aryl methyl sites for hydroxylation is 1. The van der Waals surface area contributed by atoms with Gasteiger partial charge < -0.3 is 14.8 Å². The van der Waals surface area contributed by atoms with Gasteiger partial charge in [-0.2, -0.15) is 5.26 Å². The van der Waals surface area contributed by atoms with Crippen LogP contribution in [0.15, 0.2) is 40.7 Å². The lowest BCUT2D eigenvalue weighted by Gasteiger charge is -2.11. The summed E-state index contributed by atoms with van der Waals surface area (Å²) >= 11 is 2.59. The average Bonchev–Trinajstić information content (AvgIpc) is 3.21. The number of carbonyl (C=O) groups is 1. The zero-order valence-corrected chi connectivity index (χ0v) is 18.6. The van der Waals surface area contributed by atoms with E-state index in [2.05, 4.69) is 21.4 Å². The first kappa shape index (κ1) is 21.6. The largest absolute Gasteiger partial charge is 0.493 e. The van der Waals surface area contributed by atoms with Crippen molar-refractivity contribution in [3.8, 4) is 28.8 Å². The average molecular weight is 441 g/mol. The van der Waals surface area contributed by atoms with Crippen molar-refractivity contribution in [2.45, 2.75) is 24.1 Å². The van der Waals surface area contributed by atoms with Crippen LogP contribution < -0.4 is 14.8 Å². The van der Waals surface area contributed by atoms with Crippen molar-refractivity contribution in [2.75, 3.05) is 19.5 Å². The lowest BCUT2D eigenvalue weighted by molar-refractivity contribution is -0.115. The standard InChI is InChI=1S/C21H20N4O3S2/c1-12-5-6-15(10-22)20(23-12)30-13(2)19(26)25-21-24-16(11-29-21)14-7-8-17(27-3)18(9-14)28-4/h5-9,11,13H,1-4H3,(H,24,25,26). The molecule has 1 amide bonds. The van der Waals surface area contributed by atoms with Gasteiger partial charge in [-0.1, -0.05) is 11.8 Å². The first-order valence-corrected chi connectivity index (χ1v) is 10.7. The number of hydrogen-bond acceptors (Lipinski definition) is 8. The summed E-state index contributed by atoms with van der Waals surface area (Å²) in [6, 6.07) is 11.1. The molecule has 2 aromatic heterocycles. The van der Waals surface area contributed by atoms with Crippen LogP contribution in [0.5, 0.6) is 11.5 Å². The quantitative estimate of drug-likeness (QED) is 0.539. The summed E-state index contributed by atoms with van der Waals surface area (Å²) in [5.41, 5.74) is 2.83. The highest BCUT2D eigenvalue weighted by Gasteiger charge is 2.19. The maximum atomic E-state index is 12.6. The number of nitrogens with one attached hydrogen (secondary N) is 1. The van der Waals surface area contributed by atoms with Crippen molar-refractivity contribution in [1.82, 2.24) is 9.97 Å². The topological polar surface area (TPSA) is 97.1 Å². The Hall–Kier alpha value is -3.09. The number of benzene rings is 1. The Labute approximate surface area is 183 Å². The fourth-order valence-electron chi connectivity index (χ4n) is 2.60. The molecular formula is C21H20N4O3S2. The molecule has 0 aliphatic heterocycles. The predicted molar refractivity (Wildman–Crippen MR) is 118 cm³/mol. The van der Waals surface area contributed by atoms with Gasteiger partial charge in [0.25, 0.3) is 0 Å². The van der Waals surface area contributed by atoms with Crippen molar-refractivity contribution in [3.63, 3.8) is 0 Å². The molecule has 0 radical (unpaired) electrons. The van der Waals surface area contributed by atoms with Crippen molar-refractivity contribution in [3.05, 3.63) is 47.0 Å². The second kappa shape index (κ2) is 9.61. The third kappa shape index (κ3) is 4.90. The lowest BCUT2D eigenvalue weighted by Crippen LogP contribution is -2.22. The van der Waals surface area contributed by atoms with E-state index in [9.17, 15) is 10.1 Å². The third-order valence-corrected chi connectivity index (χ3v) is 6.05. The van der Waals surface area contributed by atoms with Crippen LogP contribution in [0.25, 0.3) is 11.3 Å². The van der Waals surface area contributed by atoms with Crippen LogP contribution in [0.3, 0.4) is 0 Å². The molecule has 30 heavy (non-hydrogen) atoms. The first-order valence-electron chi connectivity index (χ1n) is 8.98. The van der Waals surface area contributed by atoms with Crippen LogP contribution in [0.2, 0.25) is 0 Å². The van der Waals surface area contributed by atoms with Gasteiger partial charge in [0, 0.05) is 16.6 Å². The smallest absolute Gasteiger partial charge is 0.239 e. The van der Waals surface area contributed by atoms with Crippen LogP contribution in [-0.4, -0.2) is 35.3 Å². The molecule has 154 valence electrons. The van der Waals surface area contributed by atoms with Crippen LogP contribution in [-0.2, 0) is 4.79 Å². The Morgan fingerprint density at radius 1 is 1.20 bits per heavy atom. The normalized spacial score (nSPS) is 11.4. The first-order chi connectivity index (χ1) is 14.4. The number of nitriles is 1. The van der Waals surface area contributed by atoms with Crippen molar-refractivity contribution in [2.24, 2.45) is 0 Å². The number of carbonyl (C=O) groups excluding carboxylic acids is 1. The van der Waals surface area contributed by atoms with E-state index >= 15 is 0 Å². The van der Waals surface area contributed by atoms with E-state index in [0.717, 1.165) is 17.0 Å². The van der Waals surface area contributed by atoms with Gasteiger partial charge >= 0.3 is 0 Å². The summed E-state index contributed by atoms with van der Waals surface area (Å²) < 4.78 is 10.6. The number of aromatic nitrogens is 2. The second-order valence-electron chi connectivity index (χ2n) is 6.27. The minimum atomic E-state index is -0.445. The van der Waals surface area contributed by atoms with Crippen LogP contribution in [0.4, 0.5) is 5.13 Å². The number of thioether (sulfide) groups is 1. The number of amides is 1. The molecule has 7 nitrogen and oxygen atoms in total. The van der Waals surface area contributed by atoms with Gasteiger partial charge in [-0.15, -0.1) is 11.3 Å². The second-order valence-corrected chi connectivity index (χ2v) is 8.46. The third-order valence-electron chi connectivity index (χ3n) is 4.19. The number of rotatable bonds is 7. The highest BCUT2D eigenvalue weighted by atomic mass is 32.2. The van der Waals surface area contributed by atoms with E-state index in [0.29, 0.717) is 27.2 Å². The van der Waals surface area contributed by atoms with E-state index in [1.54, 1.807) is 33.3 Å². The Morgan fingerprint density at radius 2 is 1.97 bits per heavy atom. The minimum absolute atomic E-state index is 0.208. The summed E-state index contributed by atoms with van der Waals surface area (Å²) in [4.78, 5) is 21.5.